The summed E-state index contributed by atoms with van der Waals surface area (Å²) >= 11 is 0. The lowest BCUT2D eigenvalue weighted by Crippen LogP contribution is -2.34. The van der Waals surface area contributed by atoms with E-state index in [9.17, 15) is 0 Å². The molecule has 18 heavy (non-hydrogen) atoms. The Labute approximate surface area is 112 Å². The van der Waals surface area contributed by atoms with Crippen LogP contribution in [0.25, 0.3) is 0 Å². The normalized spacial score (nSPS) is 14.8. The van der Waals surface area contributed by atoms with E-state index in [-0.39, 0.29) is 6.04 Å². The Morgan fingerprint density at radius 2 is 1.72 bits per heavy atom. The SMILES string of the molecule is CCC(C)NC(CN)c1ccc(CC(C)C)cc1. The topological polar surface area (TPSA) is 38.0 Å². The Morgan fingerprint density at radius 1 is 1.11 bits per heavy atom. The maximum atomic E-state index is 5.86. The minimum absolute atomic E-state index is 0.271. The number of nitrogens with two attached hydrogens (primary N) is 1. The molecule has 2 nitrogen and oxygen atoms in total. The first-order chi connectivity index (χ1) is 8.56. The predicted octanol–water partition coefficient (Wildman–Crippen LogP) is 3.27. The molecule has 0 amide bonds. The van der Waals surface area contributed by atoms with Crippen molar-refractivity contribution in [3.63, 3.8) is 0 Å². The van der Waals surface area contributed by atoms with Crippen LogP contribution in [0.2, 0.25) is 0 Å². The van der Waals surface area contributed by atoms with Crippen molar-refractivity contribution in [3.05, 3.63) is 35.4 Å². The van der Waals surface area contributed by atoms with Gasteiger partial charge in [-0.2, -0.15) is 0 Å². The Bertz CT molecular complexity index is 329. The average molecular weight is 248 g/mol. The van der Waals surface area contributed by atoms with E-state index in [0.717, 1.165) is 12.8 Å². The second-order valence-electron chi connectivity index (χ2n) is 5.60. The Hall–Kier alpha value is -0.860. The monoisotopic (exact) mass is 248 g/mol. The summed E-state index contributed by atoms with van der Waals surface area (Å²) in [6, 6.07) is 9.67. The number of hydrogen-bond donors (Lipinski definition) is 2. The minimum Gasteiger partial charge on any atom is -0.329 e. The molecule has 3 N–H and O–H groups in total. The Balaban J connectivity index is 2.69. The first kappa shape index (κ1) is 15.2. The van der Waals surface area contributed by atoms with Gasteiger partial charge in [0.1, 0.15) is 0 Å². The van der Waals surface area contributed by atoms with Crippen LogP contribution in [-0.2, 0) is 6.42 Å². The fraction of sp³-hybridized carbons (Fsp3) is 0.625. The zero-order chi connectivity index (χ0) is 13.5. The first-order valence-corrected chi connectivity index (χ1v) is 7.11. The molecule has 1 aromatic carbocycles. The molecule has 2 atom stereocenters. The van der Waals surface area contributed by atoms with Crippen LogP contribution in [0.5, 0.6) is 0 Å². The van der Waals surface area contributed by atoms with Crippen LogP contribution in [0.3, 0.4) is 0 Å². The molecule has 0 bridgehead atoms. The van der Waals surface area contributed by atoms with Gasteiger partial charge in [-0.3, -0.25) is 0 Å². The quantitative estimate of drug-likeness (QED) is 0.777. The number of hydrogen-bond acceptors (Lipinski definition) is 2. The van der Waals surface area contributed by atoms with E-state index in [1.54, 1.807) is 0 Å². The van der Waals surface area contributed by atoms with Crippen LogP contribution in [-0.4, -0.2) is 12.6 Å². The van der Waals surface area contributed by atoms with Gasteiger partial charge in [-0.25, -0.2) is 0 Å². The molecule has 0 aliphatic rings. The standard InChI is InChI=1S/C16H28N2/c1-5-13(4)18-16(11-17)15-8-6-14(7-9-15)10-12(2)3/h6-9,12-13,16,18H,5,10-11,17H2,1-4H3. The third-order valence-corrected chi connectivity index (χ3v) is 3.36. The van der Waals surface area contributed by atoms with Gasteiger partial charge in [-0.15, -0.1) is 0 Å². The maximum Gasteiger partial charge on any atom is 0.0446 e. The highest BCUT2D eigenvalue weighted by Crippen LogP contribution is 2.16. The van der Waals surface area contributed by atoms with Gasteiger partial charge in [0, 0.05) is 18.6 Å². The lowest BCUT2D eigenvalue weighted by molar-refractivity contribution is 0.452. The number of rotatable bonds is 7. The third-order valence-electron chi connectivity index (χ3n) is 3.36. The zero-order valence-corrected chi connectivity index (χ0v) is 12.2. The maximum absolute atomic E-state index is 5.86. The molecule has 0 radical (unpaired) electrons. The summed E-state index contributed by atoms with van der Waals surface area (Å²) in [6.45, 7) is 9.54. The van der Waals surface area contributed by atoms with E-state index in [4.69, 9.17) is 5.73 Å². The second kappa shape index (κ2) is 7.55. The van der Waals surface area contributed by atoms with Crippen molar-refractivity contribution in [1.29, 1.82) is 0 Å². The summed E-state index contributed by atoms with van der Waals surface area (Å²) < 4.78 is 0. The molecular formula is C16H28N2. The first-order valence-electron chi connectivity index (χ1n) is 7.11. The number of nitrogens with one attached hydrogen (secondary N) is 1. The predicted molar refractivity (Wildman–Crippen MR) is 79.7 cm³/mol. The van der Waals surface area contributed by atoms with Gasteiger partial charge in [-0.05, 0) is 36.8 Å². The smallest absolute Gasteiger partial charge is 0.0446 e. The van der Waals surface area contributed by atoms with Gasteiger partial charge >= 0.3 is 0 Å². The highest BCUT2D eigenvalue weighted by molar-refractivity contribution is 5.25. The summed E-state index contributed by atoms with van der Waals surface area (Å²) in [7, 11) is 0. The summed E-state index contributed by atoms with van der Waals surface area (Å²) in [5, 5.41) is 3.57. The lowest BCUT2D eigenvalue weighted by Gasteiger charge is -2.22. The van der Waals surface area contributed by atoms with Crippen molar-refractivity contribution < 1.29 is 0 Å². The molecular weight excluding hydrogens is 220 g/mol. The van der Waals surface area contributed by atoms with Gasteiger partial charge < -0.3 is 11.1 Å². The molecule has 1 aromatic rings. The van der Waals surface area contributed by atoms with E-state index in [0.29, 0.717) is 18.5 Å². The molecule has 0 saturated heterocycles. The van der Waals surface area contributed by atoms with Crippen molar-refractivity contribution in [2.24, 2.45) is 11.7 Å². The fourth-order valence-corrected chi connectivity index (χ4v) is 2.12. The minimum atomic E-state index is 0.271. The van der Waals surface area contributed by atoms with Crippen LogP contribution >= 0.6 is 0 Å². The highest BCUT2D eigenvalue weighted by atomic mass is 15.0. The van der Waals surface area contributed by atoms with Crippen molar-refractivity contribution >= 4 is 0 Å². The van der Waals surface area contributed by atoms with Crippen LogP contribution in [0, 0.1) is 5.92 Å². The highest BCUT2D eigenvalue weighted by Gasteiger charge is 2.11. The molecule has 0 saturated carbocycles. The fourth-order valence-electron chi connectivity index (χ4n) is 2.12. The van der Waals surface area contributed by atoms with Gasteiger partial charge in [0.2, 0.25) is 0 Å². The Kier molecular flexibility index (Phi) is 6.37. The summed E-state index contributed by atoms with van der Waals surface area (Å²) in [6.07, 6.45) is 2.27. The van der Waals surface area contributed by atoms with Crippen molar-refractivity contribution in [2.75, 3.05) is 6.54 Å². The lowest BCUT2D eigenvalue weighted by atomic mass is 9.99. The van der Waals surface area contributed by atoms with Crippen molar-refractivity contribution in [2.45, 2.75) is 52.6 Å². The summed E-state index contributed by atoms with van der Waals surface area (Å²) in [4.78, 5) is 0. The summed E-state index contributed by atoms with van der Waals surface area (Å²) in [5.41, 5.74) is 8.57. The van der Waals surface area contributed by atoms with Gasteiger partial charge in [-0.1, -0.05) is 45.0 Å². The van der Waals surface area contributed by atoms with E-state index in [2.05, 4.69) is 57.3 Å². The molecule has 2 heteroatoms. The van der Waals surface area contributed by atoms with E-state index in [1.807, 2.05) is 0 Å². The van der Waals surface area contributed by atoms with Crippen molar-refractivity contribution in [3.8, 4) is 0 Å². The molecule has 2 unspecified atom stereocenters. The van der Waals surface area contributed by atoms with Crippen LogP contribution in [0.15, 0.2) is 24.3 Å². The van der Waals surface area contributed by atoms with Gasteiger partial charge in [0.15, 0.2) is 0 Å². The molecule has 1 rings (SSSR count). The van der Waals surface area contributed by atoms with Crippen LogP contribution in [0.1, 0.15) is 51.3 Å². The number of benzene rings is 1. The van der Waals surface area contributed by atoms with E-state index in [1.165, 1.54) is 11.1 Å². The zero-order valence-electron chi connectivity index (χ0n) is 12.2. The average Bonchev–Trinajstić information content (AvgIpc) is 2.36. The molecule has 0 spiro atoms. The molecule has 0 fully saturated rings. The third kappa shape index (κ3) is 4.79. The van der Waals surface area contributed by atoms with E-state index >= 15 is 0 Å². The molecule has 0 aliphatic heterocycles. The van der Waals surface area contributed by atoms with Gasteiger partial charge in [0.25, 0.3) is 0 Å². The molecule has 0 aromatic heterocycles. The van der Waals surface area contributed by atoms with Crippen LogP contribution in [0.4, 0.5) is 0 Å². The van der Waals surface area contributed by atoms with E-state index < -0.39 is 0 Å². The van der Waals surface area contributed by atoms with Crippen molar-refractivity contribution in [1.82, 2.24) is 5.32 Å². The Morgan fingerprint density at radius 3 is 2.17 bits per heavy atom. The van der Waals surface area contributed by atoms with Crippen LogP contribution < -0.4 is 11.1 Å². The van der Waals surface area contributed by atoms with Gasteiger partial charge in [0.05, 0.1) is 0 Å². The molecule has 0 heterocycles. The largest absolute Gasteiger partial charge is 0.329 e. The second-order valence-corrected chi connectivity index (χ2v) is 5.60. The molecule has 102 valence electrons. The molecule has 0 aliphatic carbocycles. The summed E-state index contributed by atoms with van der Waals surface area (Å²) in [5.74, 6) is 0.708.